The van der Waals surface area contributed by atoms with Gasteiger partial charge in [0, 0.05) is 21.0 Å². The fraction of sp³-hybridized carbons (Fsp3) is 0.478. The number of nitrogens with zero attached hydrogens (tertiary/aromatic N) is 2. The highest BCUT2D eigenvalue weighted by Gasteiger charge is 2.20. The SMILES string of the molecule is CCCCCCCCCCc1cc2c(s1)N=C(NN)CN=C2c1ccccc1Cl. The summed E-state index contributed by atoms with van der Waals surface area (Å²) >= 11 is 8.20. The zero-order valence-electron chi connectivity index (χ0n) is 17.2. The van der Waals surface area contributed by atoms with E-state index in [2.05, 4.69) is 18.4 Å². The first-order chi connectivity index (χ1) is 14.2. The van der Waals surface area contributed by atoms with Gasteiger partial charge in [0.25, 0.3) is 0 Å². The van der Waals surface area contributed by atoms with Gasteiger partial charge in [0.1, 0.15) is 10.8 Å². The number of thiophene rings is 1. The number of halogens is 1. The van der Waals surface area contributed by atoms with Gasteiger partial charge in [-0.2, -0.15) is 0 Å². The summed E-state index contributed by atoms with van der Waals surface area (Å²) in [5, 5.41) is 1.67. The number of amidine groups is 1. The molecular formula is C23H31ClN4S. The summed E-state index contributed by atoms with van der Waals surface area (Å²) in [6.07, 6.45) is 11.7. The molecule has 0 atom stereocenters. The molecule has 0 bridgehead atoms. The van der Waals surface area contributed by atoms with Crippen LogP contribution in [0.25, 0.3) is 0 Å². The minimum Gasteiger partial charge on any atom is -0.310 e. The van der Waals surface area contributed by atoms with Crippen molar-refractivity contribution in [3.8, 4) is 0 Å². The topological polar surface area (TPSA) is 62.8 Å². The molecule has 4 nitrogen and oxygen atoms in total. The second-order valence-electron chi connectivity index (χ2n) is 7.50. The first kappa shape index (κ1) is 22.0. The molecule has 156 valence electrons. The van der Waals surface area contributed by atoms with E-state index in [-0.39, 0.29) is 0 Å². The van der Waals surface area contributed by atoms with Crippen molar-refractivity contribution in [1.82, 2.24) is 5.43 Å². The number of aryl methyl sites for hydroxylation is 1. The van der Waals surface area contributed by atoms with Gasteiger partial charge in [-0.15, -0.1) is 11.3 Å². The molecule has 1 aliphatic rings. The van der Waals surface area contributed by atoms with Gasteiger partial charge in [-0.3, -0.25) is 4.99 Å². The van der Waals surface area contributed by atoms with Crippen LogP contribution in [0.15, 0.2) is 40.3 Å². The van der Waals surface area contributed by atoms with Crippen molar-refractivity contribution in [2.45, 2.75) is 64.7 Å². The quantitative estimate of drug-likeness (QED) is 0.259. The van der Waals surface area contributed by atoms with Crippen molar-refractivity contribution in [3.05, 3.63) is 51.4 Å². The Morgan fingerprint density at radius 2 is 1.76 bits per heavy atom. The number of rotatable bonds is 10. The number of nitrogens with two attached hydrogens (primary N) is 1. The molecule has 0 spiro atoms. The van der Waals surface area contributed by atoms with Crippen molar-refractivity contribution >= 4 is 39.5 Å². The van der Waals surface area contributed by atoms with Crippen LogP contribution in [0.3, 0.4) is 0 Å². The van der Waals surface area contributed by atoms with Crippen molar-refractivity contribution in [3.63, 3.8) is 0 Å². The smallest absolute Gasteiger partial charge is 0.139 e. The third kappa shape index (κ3) is 6.14. The van der Waals surface area contributed by atoms with Crippen LogP contribution in [-0.2, 0) is 6.42 Å². The fourth-order valence-corrected chi connectivity index (χ4v) is 4.92. The second kappa shape index (κ2) is 11.5. The number of hydrazine groups is 1. The maximum atomic E-state index is 6.46. The average molecular weight is 431 g/mol. The van der Waals surface area contributed by atoms with Gasteiger partial charge >= 0.3 is 0 Å². The van der Waals surface area contributed by atoms with Gasteiger partial charge < -0.3 is 5.43 Å². The third-order valence-corrected chi connectivity index (χ3v) is 6.63. The second-order valence-corrected chi connectivity index (χ2v) is 9.03. The molecule has 2 aromatic rings. The summed E-state index contributed by atoms with van der Waals surface area (Å²) in [5.74, 6) is 6.31. The molecule has 0 fully saturated rings. The normalized spacial score (nSPS) is 13.5. The van der Waals surface area contributed by atoms with E-state index in [4.69, 9.17) is 27.4 Å². The van der Waals surface area contributed by atoms with Gasteiger partial charge in [-0.05, 0) is 25.0 Å². The average Bonchev–Trinajstić information content (AvgIpc) is 3.04. The molecule has 3 rings (SSSR count). The lowest BCUT2D eigenvalue weighted by molar-refractivity contribution is 0.576. The lowest BCUT2D eigenvalue weighted by Gasteiger charge is -2.07. The first-order valence-electron chi connectivity index (χ1n) is 10.7. The number of hydrogen-bond donors (Lipinski definition) is 2. The van der Waals surface area contributed by atoms with Crippen LogP contribution < -0.4 is 11.3 Å². The lowest BCUT2D eigenvalue weighted by atomic mass is 10.0. The molecular weight excluding hydrogens is 400 g/mol. The number of aliphatic imine (C=N–C) groups is 2. The van der Waals surface area contributed by atoms with Gasteiger partial charge in [0.15, 0.2) is 0 Å². The van der Waals surface area contributed by atoms with Crippen LogP contribution in [-0.4, -0.2) is 18.1 Å². The summed E-state index contributed by atoms with van der Waals surface area (Å²) < 4.78 is 0. The minimum atomic E-state index is 0.422. The highest BCUT2D eigenvalue weighted by atomic mass is 35.5. The van der Waals surface area contributed by atoms with Gasteiger partial charge in [-0.25, -0.2) is 10.8 Å². The van der Waals surface area contributed by atoms with Crippen LogP contribution in [0.4, 0.5) is 5.00 Å². The number of fused-ring (bicyclic) bond motifs is 1. The van der Waals surface area contributed by atoms with Gasteiger partial charge in [0.05, 0.1) is 12.3 Å². The highest BCUT2D eigenvalue weighted by molar-refractivity contribution is 7.16. The summed E-state index contributed by atoms with van der Waals surface area (Å²) in [7, 11) is 0. The van der Waals surface area contributed by atoms with E-state index in [1.54, 1.807) is 11.3 Å². The molecule has 0 saturated heterocycles. The Labute approximate surface area is 183 Å². The molecule has 0 saturated carbocycles. The monoisotopic (exact) mass is 430 g/mol. The zero-order chi connectivity index (χ0) is 20.5. The van der Waals surface area contributed by atoms with Crippen molar-refractivity contribution in [2.24, 2.45) is 15.8 Å². The highest BCUT2D eigenvalue weighted by Crippen LogP contribution is 2.36. The van der Waals surface area contributed by atoms with Crippen LogP contribution in [0.1, 0.15) is 74.3 Å². The molecule has 0 unspecified atom stereocenters. The van der Waals surface area contributed by atoms with Gasteiger partial charge in [-0.1, -0.05) is 81.7 Å². The molecule has 1 aromatic heterocycles. The molecule has 3 N–H and O–H groups in total. The fourth-order valence-electron chi connectivity index (χ4n) is 3.60. The van der Waals surface area contributed by atoms with E-state index in [0.717, 1.165) is 28.3 Å². The Balaban J connectivity index is 1.67. The number of benzene rings is 1. The van der Waals surface area contributed by atoms with Crippen LogP contribution in [0.5, 0.6) is 0 Å². The van der Waals surface area contributed by atoms with Crippen molar-refractivity contribution < 1.29 is 0 Å². The summed E-state index contributed by atoms with van der Waals surface area (Å²) in [4.78, 5) is 10.8. The third-order valence-electron chi connectivity index (χ3n) is 5.21. The maximum Gasteiger partial charge on any atom is 0.139 e. The van der Waals surface area contributed by atoms with Crippen molar-refractivity contribution in [2.75, 3.05) is 6.54 Å². The van der Waals surface area contributed by atoms with E-state index in [9.17, 15) is 0 Å². The molecule has 0 radical (unpaired) electrons. The Hall–Kier alpha value is -1.69. The number of nitrogens with one attached hydrogen (secondary N) is 1. The molecule has 6 heteroatoms. The number of hydrogen-bond acceptors (Lipinski definition) is 5. The van der Waals surface area contributed by atoms with E-state index >= 15 is 0 Å². The molecule has 0 amide bonds. The van der Waals surface area contributed by atoms with E-state index in [1.165, 1.54) is 56.2 Å². The zero-order valence-corrected chi connectivity index (χ0v) is 18.8. The summed E-state index contributed by atoms with van der Waals surface area (Å²) in [6, 6.07) is 10.1. The standard InChI is InChI=1S/C23H31ClN4S/c1-2-3-4-5-6-7-8-9-12-17-15-19-22(18-13-10-11-14-20(18)24)26-16-21(28-25)27-23(19)29-17/h10-11,13-15H,2-9,12,16,25H2,1H3,(H,27,28). The van der Waals surface area contributed by atoms with E-state index in [1.807, 2.05) is 24.3 Å². The molecule has 1 aromatic carbocycles. The van der Waals surface area contributed by atoms with Crippen LogP contribution in [0.2, 0.25) is 5.02 Å². The van der Waals surface area contributed by atoms with Crippen molar-refractivity contribution in [1.29, 1.82) is 0 Å². The predicted molar refractivity (Wildman–Crippen MR) is 127 cm³/mol. The predicted octanol–water partition coefficient (Wildman–Crippen LogP) is 6.43. The molecule has 0 aliphatic carbocycles. The Morgan fingerprint density at radius 1 is 1.03 bits per heavy atom. The summed E-state index contributed by atoms with van der Waals surface area (Å²) in [5.41, 5.74) is 5.58. The molecule has 1 aliphatic heterocycles. The first-order valence-corrected chi connectivity index (χ1v) is 11.9. The van der Waals surface area contributed by atoms with Crippen LogP contribution in [0, 0.1) is 0 Å². The number of unbranched alkanes of at least 4 members (excludes halogenated alkanes) is 7. The maximum absolute atomic E-state index is 6.46. The Morgan fingerprint density at radius 3 is 2.48 bits per heavy atom. The van der Waals surface area contributed by atoms with E-state index < -0.39 is 0 Å². The molecule has 29 heavy (non-hydrogen) atoms. The lowest BCUT2D eigenvalue weighted by Crippen LogP contribution is -2.32. The molecule has 2 heterocycles. The van der Waals surface area contributed by atoms with Crippen LogP contribution >= 0.6 is 22.9 Å². The van der Waals surface area contributed by atoms with E-state index in [0.29, 0.717) is 17.4 Å². The Bertz CT molecular complexity index is 856. The van der Waals surface area contributed by atoms with Gasteiger partial charge in [0.2, 0.25) is 0 Å². The largest absolute Gasteiger partial charge is 0.310 e. The Kier molecular flexibility index (Phi) is 8.71. The summed E-state index contributed by atoms with van der Waals surface area (Å²) in [6.45, 7) is 2.69. The minimum absolute atomic E-state index is 0.422.